The van der Waals surface area contributed by atoms with Crippen LogP contribution in [0.1, 0.15) is 25.0 Å². The standard InChI is InChI=1S/C21H24N2O2/c1-15-12-18-10-6-7-11-20(18)23(15)14-21(25)22-19(16(2)24)13-17-8-4-3-5-9-17/h3-11,15,19H,12-14H2,1-2H3,(H,22,25)/t15-,19-/m0/s1. The number of nitrogens with one attached hydrogen (secondary N) is 1. The molecule has 2 aromatic rings. The minimum atomic E-state index is -0.483. The van der Waals surface area contributed by atoms with Crippen LogP contribution in [0, 0.1) is 0 Å². The van der Waals surface area contributed by atoms with Crippen LogP contribution in [-0.2, 0) is 22.4 Å². The van der Waals surface area contributed by atoms with Crippen LogP contribution in [0.5, 0.6) is 0 Å². The van der Waals surface area contributed by atoms with Crippen molar-refractivity contribution in [2.75, 3.05) is 11.4 Å². The first-order valence-electron chi connectivity index (χ1n) is 8.73. The van der Waals surface area contributed by atoms with E-state index in [9.17, 15) is 9.59 Å². The van der Waals surface area contributed by atoms with Gasteiger partial charge in [0.15, 0.2) is 5.78 Å². The van der Waals surface area contributed by atoms with E-state index in [1.165, 1.54) is 12.5 Å². The Morgan fingerprint density at radius 1 is 1.12 bits per heavy atom. The molecule has 0 bridgehead atoms. The molecule has 1 N–H and O–H groups in total. The van der Waals surface area contributed by atoms with E-state index in [1.807, 2.05) is 42.5 Å². The average molecular weight is 336 g/mol. The number of nitrogens with zero attached hydrogens (tertiary/aromatic N) is 1. The Balaban J connectivity index is 1.65. The molecule has 3 rings (SSSR count). The van der Waals surface area contributed by atoms with Crippen molar-refractivity contribution in [1.82, 2.24) is 5.32 Å². The molecule has 1 heterocycles. The fourth-order valence-corrected chi connectivity index (χ4v) is 3.41. The van der Waals surface area contributed by atoms with Crippen molar-refractivity contribution >= 4 is 17.4 Å². The molecule has 0 saturated heterocycles. The van der Waals surface area contributed by atoms with Crippen molar-refractivity contribution in [3.05, 3.63) is 65.7 Å². The molecule has 0 unspecified atom stereocenters. The molecule has 2 atom stereocenters. The summed E-state index contributed by atoms with van der Waals surface area (Å²) in [6, 6.07) is 17.8. The number of ketones is 1. The highest BCUT2D eigenvalue weighted by Gasteiger charge is 2.28. The molecule has 0 spiro atoms. The molecule has 25 heavy (non-hydrogen) atoms. The number of carbonyl (C=O) groups excluding carboxylic acids is 2. The molecule has 0 fully saturated rings. The SMILES string of the molecule is CC(=O)[C@H](Cc1ccccc1)NC(=O)CN1c2ccccc2C[C@@H]1C. The van der Waals surface area contributed by atoms with Gasteiger partial charge in [-0.15, -0.1) is 0 Å². The first-order valence-corrected chi connectivity index (χ1v) is 8.73. The summed E-state index contributed by atoms with van der Waals surface area (Å²) in [5, 5.41) is 2.91. The molecule has 4 nitrogen and oxygen atoms in total. The van der Waals surface area contributed by atoms with Gasteiger partial charge in [-0.3, -0.25) is 9.59 Å². The summed E-state index contributed by atoms with van der Waals surface area (Å²) in [6.07, 6.45) is 1.47. The second-order valence-corrected chi connectivity index (χ2v) is 6.73. The van der Waals surface area contributed by atoms with Gasteiger partial charge in [-0.25, -0.2) is 0 Å². The van der Waals surface area contributed by atoms with Gasteiger partial charge >= 0.3 is 0 Å². The van der Waals surface area contributed by atoms with E-state index in [0.29, 0.717) is 6.42 Å². The maximum atomic E-state index is 12.6. The fourth-order valence-electron chi connectivity index (χ4n) is 3.41. The van der Waals surface area contributed by atoms with Gasteiger partial charge in [-0.2, -0.15) is 0 Å². The Kier molecular flexibility index (Phi) is 5.17. The van der Waals surface area contributed by atoms with Crippen LogP contribution in [0.15, 0.2) is 54.6 Å². The van der Waals surface area contributed by atoms with Gasteiger partial charge in [-0.1, -0.05) is 48.5 Å². The van der Waals surface area contributed by atoms with Gasteiger partial charge in [-0.05, 0) is 43.9 Å². The van der Waals surface area contributed by atoms with Gasteiger partial charge in [0.1, 0.15) is 0 Å². The molecule has 0 aromatic heterocycles. The average Bonchev–Trinajstić information content (AvgIpc) is 2.91. The first kappa shape index (κ1) is 17.2. The minimum Gasteiger partial charge on any atom is -0.359 e. The number of hydrogen-bond acceptors (Lipinski definition) is 3. The van der Waals surface area contributed by atoms with Crippen molar-refractivity contribution in [2.24, 2.45) is 0 Å². The van der Waals surface area contributed by atoms with Crippen molar-refractivity contribution in [3.63, 3.8) is 0 Å². The van der Waals surface area contributed by atoms with Crippen LogP contribution in [-0.4, -0.2) is 30.3 Å². The molecule has 0 radical (unpaired) electrons. The van der Waals surface area contributed by atoms with E-state index in [0.717, 1.165) is 17.7 Å². The van der Waals surface area contributed by atoms with E-state index in [2.05, 4.69) is 29.3 Å². The molecule has 4 heteroatoms. The molecule has 1 amide bonds. The third-order valence-corrected chi connectivity index (χ3v) is 4.77. The van der Waals surface area contributed by atoms with Crippen LogP contribution in [0.25, 0.3) is 0 Å². The summed E-state index contributed by atoms with van der Waals surface area (Å²) in [5.41, 5.74) is 3.44. The Morgan fingerprint density at radius 3 is 2.52 bits per heavy atom. The third-order valence-electron chi connectivity index (χ3n) is 4.77. The third kappa shape index (κ3) is 4.08. The largest absolute Gasteiger partial charge is 0.359 e. The van der Waals surface area contributed by atoms with Crippen LogP contribution in [0.4, 0.5) is 5.69 Å². The zero-order valence-electron chi connectivity index (χ0n) is 14.7. The van der Waals surface area contributed by atoms with Gasteiger partial charge in [0.05, 0.1) is 12.6 Å². The number of carbonyl (C=O) groups is 2. The van der Waals surface area contributed by atoms with Crippen LogP contribution < -0.4 is 10.2 Å². The summed E-state index contributed by atoms with van der Waals surface area (Å²) in [5.74, 6) is -0.133. The molecule has 1 aliphatic rings. The lowest BCUT2D eigenvalue weighted by Gasteiger charge is -2.25. The van der Waals surface area contributed by atoms with Gasteiger partial charge in [0.2, 0.25) is 5.91 Å². The fraction of sp³-hybridized carbons (Fsp3) is 0.333. The number of Topliss-reactive ketones (excluding diaryl/α,β-unsaturated/α-hetero) is 1. The van der Waals surface area contributed by atoms with Crippen molar-refractivity contribution in [3.8, 4) is 0 Å². The summed E-state index contributed by atoms with van der Waals surface area (Å²) in [7, 11) is 0. The number of benzene rings is 2. The summed E-state index contributed by atoms with van der Waals surface area (Å²) >= 11 is 0. The number of fused-ring (bicyclic) bond motifs is 1. The van der Waals surface area contributed by atoms with Gasteiger partial charge in [0.25, 0.3) is 0 Å². The lowest BCUT2D eigenvalue weighted by molar-refractivity contribution is -0.126. The highest BCUT2D eigenvalue weighted by Crippen LogP contribution is 2.31. The number of anilines is 1. The zero-order valence-corrected chi connectivity index (χ0v) is 14.7. The lowest BCUT2D eigenvalue weighted by Crippen LogP contribution is -2.47. The molecule has 130 valence electrons. The summed E-state index contributed by atoms with van der Waals surface area (Å²) < 4.78 is 0. The van der Waals surface area contributed by atoms with E-state index in [4.69, 9.17) is 0 Å². The molecule has 2 aromatic carbocycles. The molecular formula is C21H24N2O2. The monoisotopic (exact) mass is 336 g/mol. The van der Waals surface area contributed by atoms with Crippen LogP contribution in [0.2, 0.25) is 0 Å². The Bertz CT molecular complexity index is 758. The predicted molar refractivity (Wildman–Crippen MR) is 99.7 cm³/mol. The smallest absolute Gasteiger partial charge is 0.240 e. The zero-order chi connectivity index (χ0) is 17.8. The van der Waals surface area contributed by atoms with Crippen molar-refractivity contribution in [1.29, 1.82) is 0 Å². The topological polar surface area (TPSA) is 49.4 Å². The predicted octanol–water partition coefficient (Wildman–Crippen LogP) is 2.75. The van der Waals surface area contributed by atoms with Gasteiger partial charge in [0, 0.05) is 11.7 Å². The summed E-state index contributed by atoms with van der Waals surface area (Å²) in [4.78, 5) is 26.6. The van der Waals surface area contributed by atoms with Crippen molar-refractivity contribution < 1.29 is 9.59 Å². The maximum Gasteiger partial charge on any atom is 0.240 e. The highest BCUT2D eigenvalue weighted by molar-refractivity contribution is 5.90. The number of hydrogen-bond donors (Lipinski definition) is 1. The van der Waals surface area contributed by atoms with E-state index < -0.39 is 6.04 Å². The Hall–Kier alpha value is -2.62. The summed E-state index contributed by atoms with van der Waals surface area (Å²) in [6.45, 7) is 3.93. The molecule has 1 aliphatic heterocycles. The van der Waals surface area contributed by atoms with E-state index in [-0.39, 0.29) is 24.3 Å². The first-order chi connectivity index (χ1) is 12.0. The van der Waals surface area contributed by atoms with Gasteiger partial charge < -0.3 is 10.2 Å². The van der Waals surface area contributed by atoms with Crippen molar-refractivity contribution in [2.45, 2.75) is 38.8 Å². The number of rotatable bonds is 6. The lowest BCUT2D eigenvalue weighted by atomic mass is 10.0. The second kappa shape index (κ2) is 7.51. The number of para-hydroxylation sites is 1. The quantitative estimate of drug-likeness (QED) is 0.882. The Morgan fingerprint density at radius 2 is 1.80 bits per heavy atom. The molecular weight excluding hydrogens is 312 g/mol. The molecule has 0 aliphatic carbocycles. The maximum absolute atomic E-state index is 12.6. The molecule has 0 saturated carbocycles. The number of amides is 1. The second-order valence-electron chi connectivity index (χ2n) is 6.73. The highest BCUT2D eigenvalue weighted by atomic mass is 16.2. The Labute approximate surface area is 148 Å². The van der Waals surface area contributed by atoms with E-state index >= 15 is 0 Å². The normalized spacial score (nSPS) is 17.0. The van der Waals surface area contributed by atoms with Crippen LogP contribution in [0.3, 0.4) is 0 Å². The van der Waals surface area contributed by atoms with Crippen LogP contribution >= 0.6 is 0 Å². The van der Waals surface area contributed by atoms with E-state index in [1.54, 1.807) is 0 Å². The minimum absolute atomic E-state index is 0.0212.